The first kappa shape index (κ1) is 27.9. The molecule has 206 valence electrons. The minimum Gasteiger partial charge on any atom is -0.493 e. The van der Waals surface area contributed by atoms with Crippen molar-refractivity contribution in [1.82, 2.24) is 9.80 Å². The molecule has 2 aliphatic rings. The van der Waals surface area contributed by atoms with Crippen LogP contribution >= 0.6 is 0 Å². The van der Waals surface area contributed by atoms with E-state index in [-0.39, 0.29) is 28.8 Å². The number of hydrogen-bond acceptors (Lipinski definition) is 4. The van der Waals surface area contributed by atoms with Crippen molar-refractivity contribution in [3.05, 3.63) is 59.9 Å². The van der Waals surface area contributed by atoms with Crippen molar-refractivity contribution in [3.63, 3.8) is 0 Å². The highest BCUT2D eigenvalue weighted by molar-refractivity contribution is 5.76. The summed E-state index contributed by atoms with van der Waals surface area (Å²) in [6.07, 6.45) is 8.12. The lowest BCUT2D eigenvalue weighted by Crippen LogP contribution is -2.48. The topological polar surface area (TPSA) is 59.1 Å². The van der Waals surface area contributed by atoms with E-state index in [9.17, 15) is 14.0 Å². The van der Waals surface area contributed by atoms with Gasteiger partial charge in [0.15, 0.2) is 11.6 Å². The predicted molar refractivity (Wildman–Crippen MR) is 146 cm³/mol. The van der Waals surface area contributed by atoms with Crippen LogP contribution in [-0.2, 0) is 16.0 Å². The van der Waals surface area contributed by atoms with E-state index in [1.54, 1.807) is 18.2 Å². The van der Waals surface area contributed by atoms with Crippen LogP contribution in [0.4, 0.5) is 4.39 Å². The molecule has 7 heteroatoms. The molecule has 2 heterocycles. The van der Waals surface area contributed by atoms with Gasteiger partial charge < -0.3 is 19.3 Å². The van der Waals surface area contributed by atoms with Gasteiger partial charge in [0.2, 0.25) is 11.8 Å². The van der Waals surface area contributed by atoms with Crippen LogP contribution < -0.4 is 9.47 Å². The zero-order chi connectivity index (χ0) is 26.8. The molecular formula is C31H41FN2O4. The largest absolute Gasteiger partial charge is 0.493 e. The van der Waals surface area contributed by atoms with Gasteiger partial charge in [0.05, 0.1) is 13.2 Å². The Kier molecular flexibility index (Phi) is 10.0. The minimum absolute atomic E-state index is 0.0370. The van der Waals surface area contributed by atoms with Gasteiger partial charge in [-0.15, -0.1) is 0 Å². The molecule has 0 aromatic heterocycles. The Morgan fingerprint density at radius 3 is 2.58 bits per heavy atom. The molecule has 2 aromatic rings. The van der Waals surface area contributed by atoms with E-state index in [2.05, 4.69) is 12.1 Å². The number of piperidine rings is 1. The lowest BCUT2D eigenvalue weighted by molar-refractivity contribution is -0.137. The molecule has 2 aliphatic heterocycles. The zero-order valence-electron chi connectivity index (χ0n) is 22.6. The van der Waals surface area contributed by atoms with E-state index in [1.165, 1.54) is 11.6 Å². The summed E-state index contributed by atoms with van der Waals surface area (Å²) in [5.41, 5.74) is 1.27. The van der Waals surface area contributed by atoms with E-state index >= 15 is 0 Å². The Balaban J connectivity index is 1.30. The Morgan fingerprint density at radius 2 is 1.76 bits per heavy atom. The molecule has 1 spiro atoms. The maximum absolute atomic E-state index is 13.7. The van der Waals surface area contributed by atoms with Crippen LogP contribution in [0.5, 0.6) is 11.5 Å². The van der Waals surface area contributed by atoms with Gasteiger partial charge in [-0.25, -0.2) is 4.39 Å². The molecule has 0 bridgehead atoms. The first-order valence-corrected chi connectivity index (χ1v) is 14.1. The van der Waals surface area contributed by atoms with Crippen molar-refractivity contribution in [2.75, 3.05) is 39.9 Å². The summed E-state index contributed by atoms with van der Waals surface area (Å²) in [5, 5.41) is 0. The number of benzene rings is 2. The Labute approximate surface area is 226 Å². The number of hydrogen-bond donors (Lipinski definition) is 0. The van der Waals surface area contributed by atoms with Crippen molar-refractivity contribution in [2.45, 2.75) is 64.2 Å². The molecule has 0 radical (unpaired) electrons. The molecule has 2 aromatic carbocycles. The Morgan fingerprint density at radius 1 is 1.00 bits per heavy atom. The molecule has 6 nitrogen and oxygen atoms in total. The molecule has 0 saturated carbocycles. The lowest BCUT2D eigenvalue weighted by atomic mass is 9.73. The van der Waals surface area contributed by atoms with Crippen molar-refractivity contribution in [3.8, 4) is 11.5 Å². The second kappa shape index (κ2) is 13.6. The number of halogens is 1. The van der Waals surface area contributed by atoms with Gasteiger partial charge in [-0.1, -0.05) is 36.8 Å². The highest BCUT2D eigenvalue weighted by atomic mass is 19.1. The highest BCUT2D eigenvalue weighted by Gasteiger charge is 2.37. The van der Waals surface area contributed by atoms with Crippen molar-refractivity contribution in [2.24, 2.45) is 5.41 Å². The van der Waals surface area contributed by atoms with E-state index in [0.29, 0.717) is 52.0 Å². The van der Waals surface area contributed by atoms with Crippen LogP contribution in [0.3, 0.4) is 0 Å². The van der Waals surface area contributed by atoms with Gasteiger partial charge in [-0.3, -0.25) is 9.59 Å². The van der Waals surface area contributed by atoms with Crippen molar-refractivity contribution < 1.29 is 23.5 Å². The summed E-state index contributed by atoms with van der Waals surface area (Å²) in [4.78, 5) is 29.6. The van der Waals surface area contributed by atoms with Crippen LogP contribution in [0.1, 0.15) is 63.4 Å². The van der Waals surface area contributed by atoms with Gasteiger partial charge >= 0.3 is 0 Å². The van der Waals surface area contributed by atoms with Gasteiger partial charge in [0.25, 0.3) is 0 Å². The first-order valence-electron chi connectivity index (χ1n) is 14.1. The SMILES string of the molecule is CN1CC2(CCCCc3ccccc3OCCCC1=O)CCN(C(=O)CCCOc1ccccc1F)CC2. The fourth-order valence-corrected chi connectivity index (χ4v) is 5.70. The number of para-hydroxylation sites is 2. The second-order valence-electron chi connectivity index (χ2n) is 10.8. The molecule has 2 amide bonds. The van der Waals surface area contributed by atoms with E-state index in [4.69, 9.17) is 9.47 Å². The lowest BCUT2D eigenvalue weighted by Gasteiger charge is -2.44. The Hall–Kier alpha value is -3.09. The van der Waals surface area contributed by atoms with Gasteiger partial charge in [0.1, 0.15) is 5.75 Å². The number of fused-ring (bicyclic) bond motifs is 1. The molecule has 4 rings (SSSR count). The van der Waals surface area contributed by atoms with Crippen LogP contribution in [0.2, 0.25) is 0 Å². The predicted octanol–water partition coefficient (Wildman–Crippen LogP) is 5.64. The molecule has 0 N–H and O–H groups in total. The first-order chi connectivity index (χ1) is 18.5. The summed E-state index contributed by atoms with van der Waals surface area (Å²) in [5.74, 6) is 1.06. The fraction of sp³-hybridized carbons (Fsp3) is 0.548. The quantitative estimate of drug-likeness (QED) is 0.475. The van der Waals surface area contributed by atoms with Crippen LogP contribution in [0, 0.1) is 11.2 Å². The summed E-state index contributed by atoms with van der Waals surface area (Å²) in [6, 6.07) is 14.6. The van der Waals surface area contributed by atoms with E-state index in [0.717, 1.165) is 50.8 Å². The van der Waals surface area contributed by atoms with Crippen molar-refractivity contribution >= 4 is 11.8 Å². The van der Waals surface area contributed by atoms with Crippen LogP contribution in [0.25, 0.3) is 0 Å². The van der Waals surface area contributed by atoms with Gasteiger partial charge in [0, 0.05) is 39.5 Å². The second-order valence-corrected chi connectivity index (χ2v) is 10.8. The normalized spacial score (nSPS) is 18.8. The monoisotopic (exact) mass is 524 g/mol. The number of likely N-dealkylation sites (tertiary alicyclic amines) is 1. The van der Waals surface area contributed by atoms with Crippen molar-refractivity contribution in [1.29, 1.82) is 0 Å². The zero-order valence-corrected chi connectivity index (χ0v) is 22.6. The van der Waals surface area contributed by atoms with Gasteiger partial charge in [-0.05, 0) is 74.1 Å². The number of rotatable bonds is 5. The summed E-state index contributed by atoms with van der Waals surface area (Å²) in [7, 11) is 1.92. The average molecular weight is 525 g/mol. The molecule has 1 fully saturated rings. The number of carbonyl (C=O) groups is 2. The van der Waals surface area contributed by atoms with E-state index in [1.807, 2.05) is 29.0 Å². The number of carbonyl (C=O) groups excluding carboxylic acids is 2. The molecule has 0 atom stereocenters. The number of amides is 2. The molecule has 0 aliphatic carbocycles. The van der Waals surface area contributed by atoms with Crippen LogP contribution in [-0.4, -0.2) is 61.5 Å². The summed E-state index contributed by atoms with van der Waals surface area (Å²) >= 11 is 0. The smallest absolute Gasteiger partial charge is 0.222 e. The highest BCUT2D eigenvalue weighted by Crippen LogP contribution is 2.38. The third kappa shape index (κ3) is 7.71. The number of aryl methyl sites for hydroxylation is 1. The molecular weight excluding hydrogens is 483 g/mol. The Bertz CT molecular complexity index is 1070. The summed E-state index contributed by atoms with van der Waals surface area (Å²) in [6.45, 7) is 3.02. The number of ether oxygens (including phenoxy) is 2. The minimum atomic E-state index is -0.385. The third-order valence-electron chi connectivity index (χ3n) is 7.97. The maximum atomic E-state index is 13.7. The van der Waals surface area contributed by atoms with Gasteiger partial charge in [-0.2, -0.15) is 0 Å². The summed E-state index contributed by atoms with van der Waals surface area (Å²) < 4.78 is 25.2. The third-order valence-corrected chi connectivity index (χ3v) is 7.97. The fourth-order valence-electron chi connectivity index (χ4n) is 5.70. The molecule has 1 saturated heterocycles. The number of nitrogens with zero attached hydrogens (tertiary/aromatic N) is 2. The maximum Gasteiger partial charge on any atom is 0.222 e. The average Bonchev–Trinajstić information content (AvgIpc) is 2.93. The van der Waals surface area contributed by atoms with E-state index < -0.39 is 0 Å². The molecule has 0 unspecified atom stereocenters. The molecule has 38 heavy (non-hydrogen) atoms. The van der Waals surface area contributed by atoms with Crippen LogP contribution in [0.15, 0.2) is 48.5 Å². The standard InChI is InChI=1S/C31H41FN2O4/c1-33-24-31(17-7-6-11-25-10-2-4-13-27(25)37-22-8-15-29(33)35)18-20-34(21-19-31)30(36)16-9-23-38-28-14-5-3-12-26(28)32/h2-5,10,12-14H,6-9,11,15-24H2,1H3.